The van der Waals surface area contributed by atoms with Crippen molar-refractivity contribution in [3.05, 3.63) is 162 Å². The van der Waals surface area contributed by atoms with E-state index in [-0.39, 0.29) is 0 Å². The minimum absolute atomic E-state index is 0.620. The normalized spacial score (nSPS) is 13.1. The van der Waals surface area contributed by atoms with E-state index in [1.807, 2.05) is 30.3 Å². The first-order valence-electron chi connectivity index (χ1n) is 17.5. The Hall–Kier alpha value is -6.65. The molecule has 0 bridgehead atoms. The van der Waals surface area contributed by atoms with Gasteiger partial charge in [-0.3, -0.25) is 0 Å². The average Bonchev–Trinajstić information content (AvgIpc) is 3.75. The van der Waals surface area contributed by atoms with Gasteiger partial charge >= 0.3 is 0 Å². The summed E-state index contributed by atoms with van der Waals surface area (Å²) >= 11 is 0. The van der Waals surface area contributed by atoms with Gasteiger partial charge in [-0.15, -0.1) is 0 Å². The summed E-state index contributed by atoms with van der Waals surface area (Å²) in [7, 11) is 0. The molecule has 51 heavy (non-hydrogen) atoms. The number of aromatic nitrogens is 3. The molecule has 2 aliphatic carbocycles. The monoisotopic (exact) mass is 651 g/mol. The Bertz CT molecular complexity index is 2910. The highest BCUT2D eigenvalue weighted by Gasteiger charge is 2.24. The van der Waals surface area contributed by atoms with Crippen LogP contribution in [0, 0.1) is 0 Å². The number of rotatable bonds is 4. The summed E-state index contributed by atoms with van der Waals surface area (Å²) in [5.41, 5.74) is 14.6. The fourth-order valence-corrected chi connectivity index (χ4v) is 8.20. The van der Waals surface area contributed by atoms with Crippen molar-refractivity contribution in [1.82, 2.24) is 15.0 Å². The van der Waals surface area contributed by atoms with Crippen LogP contribution in [-0.4, -0.2) is 15.0 Å². The van der Waals surface area contributed by atoms with Gasteiger partial charge in [-0.05, 0) is 74.7 Å². The number of para-hydroxylation sites is 1. The van der Waals surface area contributed by atoms with E-state index < -0.39 is 0 Å². The van der Waals surface area contributed by atoms with E-state index in [1.165, 1.54) is 49.7 Å². The van der Waals surface area contributed by atoms with Crippen molar-refractivity contribution in [2.24, 2.45) is 0 Å². The molecule has 9 aromatic rings. The van der Waals surface area contributed by atoms with Gasteiger partial charge in [-0.25, -0.2) is 15.0 Å². The minimum Gasteiger partial charge on any atom is -0.455 e. The topological polar surface area (TPSA) is 51.8 Å². The highest BCUT2D eigenvalue weighted by Crippen LogP contribution is 2.48. The van der Waals surface area contributed by atoms with Crippen molar-refractivity contribution in [3.63, 3.8) is 0 Å². The summed E-state index contributed by atoms with van der Waals surface area (Å²) in [5, 5.41) is 4.63. The van der Waals surface area contributed by atoms with Crippen LogP contribution >= 0.6 is 0 Å². The molecule has 0 saturated heterocycles. The molecule has 0 radical (unpaired) electrons. The van der Waals surface area contributed by atoms with Crippen LogP contribution in [0.3, 0.4) is 0 Å². The molecule has 0 spiro atoms. The molecule has 2 aromatic heterocycles. The Morgan fingerprint density at radius 1 is 0.451 bits per heavy atom. The molecule has 7 aromatic carbocycles. The lowest BCUT2D eigenvalue weighted by Gasteiger charge is -2.16. The lowest BCUT2D eigenvalue weighted by molar-refractivity contribution is 0.667. The van der Waals surface area contributed by atoms with Gasteiger partial charge in [0.05, 0.1) is 0 Å². The molecule has 238 valence electrons. The maximum atomic E-state index is 6.71. The van der Waals surface area contributed by atoms with Gasteiger partial charge in [-0.1, -0.05) is 140 Å². The molecular formula is C47H29N3O. The summed E-state index contributed by atoms with van der Waals surface area (Å²) in [6, 6.07) is 51.2. The zero-order chi connectivity index (χ0) is 33.5. The maximum Gasteiger partial charge on any atom is 0.164 e. The van der Waals surface area contributed by atoms with Gasteiger partial charge in [0.1, 0.15) is 11.2 Å². The van der Waals surface area contributed by atoms with E-state index in [9.17, 15) is 0 Å². The second kappa shape index (κ2) is 10.9. The lowest BCUT2D eigenvalue weighted by atomic mass is 9.88. The second-order valence-electron chi connectivity index (χ2n) is 13.5. The number of hydrogen-bond acceptors (Lipinski definition) is 4. The van der Waals surface area contributed by atoms with Gasteiger partial charge in [-0.2, -0.15) is 0 Å². The van der Waals surface area contributed by atoms with Crippen LogP contribution in [-0.2, 0) is 6.42 Å². The van der Waals surface area contributed by atoms with Crippen LogP contribution in [0.4, 0.5) is 0 Å². The van der Waals surface area contributed by atoms with E-state index in [1.54, 1.807) is 0 Å². The summed E-state index contributed by atoms with van der Waals surface area (Å²) < 4.78 is 6.71. The van der Waals surface area contributed by atoms with Crippen molar-refractivity contribution in [2.75, 3.05) is 0 Å². The molecule has 2 aliphatic rings. The maximum absolute atomic E-state index is 6.71. The summed E-state index contributed by atoms with van der Waals surface area (Å²) in [6.07, 6.45) is 4.31. The standard InChI is InChI=1S/C47H29N3O/c1-2-11-30(12-3-1)45-48-46(33-24-25-35-36-17-6-14-29-15-7-18-37(42(29)36)40(35)27-33)50-47(49-45)39-20-9-21-41-43(39)38-19-8-16-34(44(38)51-41)32-23-22-28-10-4-5-13-31(28)26-32/h1-21,24-27H,22-23H2. The van der Waals surface area contributed by atoms with E-state index in [2.05, 4.69) is 121 Å². The quantitative estimate of drug-likeness (QED) is 0.190. The van der Waals surface area contributed by atoms with Crippen LogP contribution in [0.1, 0.15) is 23.1 Å². The second-order valence-corrected chi connectivity index (χ2v) is 13.5. The molecule has 0 amide bonds. The van der Waals surface area contributed by atoms with Crippen LogP contribution < -0.4 is 0 Å². The highest BCUT2D eigenvalue weighted by atomic mass is 16.3. The van der Waals surface area contributed by atoms with E-state index in [0.717, 1.165) is 57.0 Å². The van der Waals surface area contributed by atoms with Crippen molar-refractivity contribution in [2.45, 2.75) is 12.8 Å². The number of furan rings is 1. The van der Waals surface area contributed by atoms with Gasteiger partial charge in [0, 0.05) is 33.0 Å². The number of benzene rings is 7. The summed E-state index contributed by atoms with van der Waals surface area (Å²) in [5.74, 6) is 1.90. The molecule has 2 heterocycles. The van der Waals surface area contributed by atoms with Crippen LogP contribution in [0.25, 0.3) is 101 Å². The highest BCUT2D eigenvalue weighted by molar-refractivity contribution is 6.16. The fraction of sp³-hybridized carbons (Fsp3) is 0.0426. The van der Waals surface area contributed by atoms with Crippen LogP contribution in [0.15, 0.2) is 150 Å². The van der Waals surface area contributed by atoms with E-state index >= 15 is 0 Å². The fourth-order valence-electron chi connectivity index (χ4n) is 8.20. The third-order valence-corrected chi connectivity index (χ3v) is 10.6. The Morgan fingerprint density at radius 3 is 2.04 bits per heavy atom. The zero-order valence-electron chi connectivity index (χ0n) is 27.6. The molecule has 11 rings (SSSR count). The predicted octanol–water partition coefficient (Wildman–Crippen LogP) is 12.1. The third kappa shape index (κ3) is 4.36. The van der Waals surface area contributed by atoms with Gasteiger partial charge in [0.25, 0.3) is 0 Å². The van der Waals surface area contributed by atoms with Crippen molar-refractivity contribution in [3.8, 4) is 56.4 Å². The Balaban J connectivity index is 1.10. The first-order chi connectivity index (χ1) is 25.3. The molecule has 0 aliphatic heterocycles. The minimum atomic E-state index is 0.620. The van der Waals surface area contributed by atoms with Gasteiger partial charge in [0.15, 0.2) is 17.5 Å². The van der Waals surface area contributed by atoms with E-state index in [0.29, 0.717) is 17.5 Å². The number of aryl methyl sites for hydroxylation is 1. The molecule has 0 N–H and O–H groups in total. The largest absolute Gasteiger partial charge is 0.455 e. The predicted molar refractivity (Wildman–Crippen MR) is 208 cm³/mol. The van der Waals surface area contributed by atoms with Crippen LogP contribution in [0.5, 0.6) is 0 Å². The van der Waals surface area contributed by atoms with Gasteiger partial charge < -0.3 is 4.42 Å². The summed E-state index contributed by atoms with van der Waals surface area (Å²) in [4.78, 5) is 15.4. The molecule has 0 saturated carbocycles. The molecule has 0 atom stereocenters. The molecule has 0 fully saturated rings. The zero-order valence-corrected chi connectivity index (χ0v) is 27.6. The molecular weight excluding hydrogens is 623 g/mol. The van der Waals surface area contributed by atoms with Gasteiger partial charge in [0.2, 0.25) is 0 Å². The Labute approximate surface area is 294 Å². The smallest absolute Gasteiger partial charge is 0.164 e. The first kappa shape index (κ1) is 28.2. The van der Waals surface area contributed by atoms with Crippen molar-refractivity contribution >= 4 is 44.4 Å². The number of allylic oxidation sites excluding steroid dienone is 1. The SMILES string of the molecule is C1=C(c2cccc3c2oc2cccc(-c4nc(-c5ccccc5)nc(-c5ccc6c(c5)-c5cccc7cccc-6c57)n4)c23)CCc2ccccc21. The number of fused-ring (bicyclic) bond motifs is 7. The lowest BCUT2D eigenvalue weighted by Crippen LogP contribution is -2.00. The molecule has 4 heteroatoms. The van der Waals surface area contributed by atoms with Crippen LogP contribution in [0.2, 0.25) is 0 Å². The average molecular weight is 652 g/mol. The van der Waals surface area contributed by atoms with Crippen molar-refractivity contribution in [1.29, 1.82) is 0 Å². The summed E-state index contributed by atoms with van der Waals surface area (Å²) in [6.45, 7) is 0. The molecule has 0 unspecified atom stereocenters. The Kier molecular flexibility index (Phi) is 6.05. The number of hydrogen-bond donors (Lipinski definition) is 0. The molecule has 4 nitrogen and oxygen atoms in total. The third-order valence-electron chi connectivity index (χ3n) is 10.6. The Morgan fingerprint density at radius 2 is 1.16 bits per heavy atom. The first-order valence-corrected chi connectivity index (χ1v) is 17.5. The number of nitrogens with zero attached hydrogens (tertiary/aromatic N) is 3. The van der Waals surface area contributed by atoms with Crippen molar-refractivity contribution < 1.29 is 4.42 Å². The van der Waals surface area contributed by atoms with E-state index in [4.69, 9.17) is 19.4 Å².